The number of carbonyl (C=O) groups is 1. The summed E-state index contributed by atoms with van der Waals surface area (Å²) < 4.78 is 25.8. The van der Waals surface area contributed by atoms with E-state index >= 15 is 0 Å². The molecule has 2 N–H and O–H groups in total. The molecule has 2 aromatic carbocycles. The van der Waals surface area contributed by atoms with Crippen LogP contribution in [-0.4, -0.2) is 65.3 Å². The van der Waals surface area contributed by atoms with E-state index in [-0.39, 0.29) is 11.9 Å². The van der Waals surface area contributed by atoms with E-state index in [0.29, 0.717) is 29.6 Å². The molecular formula is C26H36Cl2N4O3S. The van der Waals surface area contributed by atoms with Crippen molar-refractivity contribution in [1.82, 2.24) is 14.9 Å². The van der Waals surface area contributed by atoms with Crippen LogP contribution in [0.15, 0.2) is 42.5 Å². The standard InChI is InChI=1S/C26H36Cl2N4O3S/c1-26(20-7-10-23(27)24(28)17-20,13-16-32-14-11-21(12-15-32)30-36(4,34)35)25(33)29-18-19-5-8-22(9-6-19)31(2)3/h5-10,17,21,30H,11-16,18H2,1-4H3,(H,29,33). The molecule has 1 amide bonds. The maximum absolute atomic E-state index is 13.6. The highest BCUT2D eigenvalue weighted by Crippen LogP contribution is 2.33. The number of nitrogens with one attached hydrogen (secondary N) is 2. The minimum absolute atomic E-state index is 0.0418. The summed E-state index contributed by atoms with van der Waals surface area (Å²) >= 11 is 12.5. The number of hydrogen-bond donors (Lipinski definition) is 2. The van der Waals surface area contributed by atoms with Crippen molar-refractivity contribution in [2.75, 3.05) is 44.9 Å². The third kappa shape index (κ3) is 7.83. The maximum Gasteiger partial charge on any atom is 0.230 e. The first-order valence-electron chi connectivity index (χ1n) is 12.1. The van der Waals surface area contributed by atoms with Crippen molar-refractivity contribution in [1.29, 1.82) is 0 Å². The van der Waals surface area contributed by atoms with Gasteiger partial charge >= 0.3 is 0 Å². The van der Waals surface area contributed by atoms with E-state index in [4.69, 9.17) is 23.2 Å². The molecule has 0 radical (unpaired) electrons. The zero-order chi connectivity index (χ0) is 26.5. The number of amides is 1. The number of anilines is 1. The van der Waals surface area contributed by atoms with E-state index in [9.17, 15) is 13.2 Å². The molecule has 0 saturated carbocycles. The number of sulfonamides is 1. The monoisotopic (exact) mass is 554 g/mol. The van der Waals surface area contributed by atoms with Crippen LogP contribution in [0.4, 0.5) is 5.69 Å². The summed E-state index contributed by atoms with van der Waals surface area (Å²) in [6.45, 7) is 4.60. The number of hydrogen-bond acceptors (Lipinski definition) is 5. The average molecular weight is 556 g/mol. The average Bonchev–Trinajstić information content (AvgIpc) is 2.82. The predicted octanol–water partition coefficient (Wildman–Crippen LogP) is 4.04. The van der Waals surface area contributed by atoms with Gasteiger partial charge in [-0.05, 0) is 81.2 Å². The smallest absolute Gasteiger partial charge is 0.230 e. The molecule has 1 aliphatic rings. The van der Waals surface area contributed by atoms with Gasteiger partial charge in [-0.2, -0.15) is 0 Å². The van der Waals surface area contributed by atoms with Crippen LogP contribution in [-0.2, 0) is 26.8 Å². The number of nitrogens with zero attached hydrogens (tertiary/aromatic N) is 2. The number of piperidine rings is 1. The molecule has 1 aliphatic heterocycles. The molecule has 2 aromatic rings. The Balaban J connectivity index is 1.69. The molecule has 0 bridgehead atoms. The number of likely N-dealkylation sites (tertiary alicyclic amines) is 1. The zero-order valence-electron chi connectivity index (χ0n) is 21.4. The van der Waals surface area contributed by atoms with Crippen LogP contribution in [0.2, 0.25) is 10.0 Å². The van der Waals surface area contributed by atoms with E-state index in [2.05, 4.69) is 14.9 Å². The van der Waals surface area contributed by atoms with E-state index in [1.54, 1.807) is 12.1 Å². The molecule has 36 heavy (non-hydrogen) atoms. The molecule has 198 valence electrons. The van der Waals surface area contributed by atoms with Crippen molar-refractivity contribution in [3.8, 4) is 0 Å². The first kappa shape index (κ1) is 28.7. The Morgan fingerprint density at radius 2 is 1.72 bits per heavy atom. The fourth-order valence-electron chi connectivity index (χ4n) is 4.48. The molecular weight excluding hydrogens is 519 g/mol. The number of halogens is 2. The quantitative estimate of drug-likeness (QED) is 0.463. The van der Waals surface area contributed by atoms with Crippen LogP contribution in [0.1, 0.15) is 37.3 Å². The Hall–Kier alpha value is -1.84. The van der Waals surface area contributed by atoms with Crippen molar-refractivity contribution in [2.45, 2.75) is 44.2 Å². The van der Waals surface area contributed by atoms with E-state index in [0.717, 1.165) is 42.7 Å². The highest BCUT2D eigenvalue weighted by atomic mass is 35.5. The lowest BCUT2D eigenvalue weighted by Crippen LogP contribution is -2.47. The minimum Gasteiger partial charge on any atom is -0.378 e. The first-order valence-corrected chi connectivity index (χ1v) is 14.7. The fraction of sp³-hybridized carbons (Fsp3) is 0.500. The molecule has 1 heterocycles. The van der Waals surface area contributed by atoms with Gasteiger partial charge in [0.15, 0.2) is 0 Å². The third-order valence-electron chi connectivity index (χ3n) is 6.86. The van der Waals surface area contributed by atoms with Crippen LogP contribution < -0.4 is 14.9 Å². The molecule has 0 aliphatic carbocycles. The first-order chi connectivity index (χ1) is 16.9. The molecule has 0 spiro atoms. The van der Waals surface area contributed by atoms with Gasteiger partial charge in [-0.15, -0.1) is 0 Å². The van der Waals surface area contributed by atoms with Gasteiger partial charge in [-0.1, -0.05) is 41.4 Å². The van der Waals surface area contributed by atoms with Gasteiger partial charge in [0.05, 0.1) is 21.7 Å². The van der Waals surface area contributed by atoms with Gasteiger partial charge in [0.25, 0.3) is 0 Å². The van der Waals surface area contributed by atoms with Crippen LogP contribution in [0.5, 0.6) is 0 Å². The summed E-state index contributed by atoms with van der Waals surface area (Å²) in [7, 11) is 0.766. The number of rotatable bonds is 10. The third-order valence-corrected chi connectivity index (χ3v) is 8.36. The summed E-state index contributed by atoms with van der Waals surface area (Å²) in [6.07, 6.45) is 3.26. The maximum atomic E-state index is 13.6. The van der Waals surface area contributed by atoms with E-state index in [1.807, 2.05) is 56.3 Å². The van der Waals surface area contributed by atoms with Gasteiger partial charge in [-0.3, -0.25) is 4.79 Å². The topological polar surface area (TPSA) is 81.8 Å². The van der Waals surface area contributed by atoms with Crippen molar-refractivity contribution >= 4 is 44.8 Å². The molecule has 7 nitrogen and oxygen atoms in total. The van der Waals surface area contributed by atoms with Crippen LogP contribution >= 0.6 is 23.2 Å². The lowest BCUT2D eigenvalue weighted by Gasteiger charge is -2.35. The van der Waals surface area contributed by atoms with Crippen LogP contribution in [0.25, 0.3) is 0 Å². The lowest BCUT2D eigenvalue weighted by molar-refractivity contribution is -0.126. The summed E-state index contributed by atoms with van der Waals surface area (Å²) in [4.78, 5) is 17.9. The number of carbonyl (C=O) groups excluding carboxylic acids is 1. The summed E-state index contributed by atoms with van der Waals surface area (Å²) in [5, 5.41) is 3.98. The lowest BCUT2D eigenvalue weighted by atomic mass is 9.78. The largest absolute Gasteiger partial charge is 0.378 e. The van der Waals surface area contributed by atoms with Gasteiger partial charge in [0.2, 0.25) is 15.9 Å². The Morgan fingerprint density at radius 1 is 1.08 bits per heavy atom. The SMILES string of the molecule is CN(C)c1ccc(CNC(=O)C(C)(CCN2CCC(NS(C)(=O)=O)CC2)c2ccc(Cl)c(Cl)c2)cc1. The van der Waals surface area contributed by atoms with E-state index in [1.165, 1.54) is 6.26 Å². The second kappa shape index (κ2) is 12.1. The fourth-order valence-corrected chi connectivity index (χ4v) is 5.62. The van der Waals surface area contributed by atoms with Gasteiger partial charge in [-0.25, -0.2) is 13.1 Å². The Bertz CT molecular complexity index is 1150. The van der Waals surface area contributed by atoms with Gasteiger partial charge in [0, 0.05) is 32.4 Å². The second-order valence-corrected chi connectivity index (χ2v) is 12.6. The highest BCUT2D eigenvalue weighted by molar-refractivity contribution is 7.88. The molecule has 10 heteroatoms. The molecule has 1 saturated heterocycles. The Morgan fingerprint density at radius 3 is 2.28 bits per heavy atom. The Labute approximate surface area is 225 Å². The molecule has 0 aromatic heterocycles. The van der Waals surface area contributed by atoms with Crippen molar-refractivity contribution < 1.29 is 13.2 Å². The molecule has 1 unspecified atom stereocenters. The Kier molecular flexibility index (Phi) is 9.68. The number of benzene rings is 2. The van der Waals surface area contributed by atoms with Crippen LogP contribution in [0.3, 0.4) is 0 Å². The van der Waals surface area contributed by atoms with Crippen molar-refractivity contribution in [3.63, 3.8) is 0 Å². The normalized spacial score (nSPS) is 16.9. The van der Waals surface area contributed by atoms with Gasteiger partial charge < -0.3 is 15.1 Å². The van der Waals surface area contributed by atoms with Crippen LogP contribution in [0, 0.1) is 0 Å². The van der Waals surface area contributed by atoms with Gasteiger partial charge in [0.1, 0.15) is 0 Å². The minimum atomic E-state index is -3.21. The summed E-state index contributed by atoms with van der Waals surface area (Å²) in [6, 6.07) is 13.4. The highest BCUT2D eigenvalue weighted by Gasteiger charge is 2.36. The van der Waals surface area contributed by atoms with Crippen molar-refractivity contribution in [3.05, 3.63) is 63.6 Å². The van der Waals surface area contributed by atoms with Crippen molar-refractivity contribution in [2.24, 2.45) is 0 Å². The zero-order valence-corrected chi connectivity index (χ0v) is 23.7. The molecule has 1 atom stereocenters. The summed E-state index contributed by atoms with van der Waals surface area (Å²) in [5.74, 6) is -0.0776. The summed E-state index contributed by atoms with van der Waals surface area (Å²) in [5.41, 5.74) is 2.11. The molecule has 1 fully saturated rings. The predicted molar refractivity (Wildman–Crippen MR) is 148 cm³/mol. The second-order valence-electron chi connectivity index (χ2n) is 9.96. The molecule has 3 rings (SSSR count). The van der Waals surface area contributed by atoms with E-state index < -0.39 is 15.4 Å².